The molecule has 4 atom stereocenters. The van der Waals surface area contributed by atoms with Gasteiger partial charge in [-0.2, -0.15) is 0 Å². The fourth-order valence-electron chi connectivity index (χ4n) is 1.88. The Morgan fingerprint density at radius 3 is 2.68 bits per heavy atom. The molecule has 2 rings (SSSR count). The summed E-state index contributed by atoms with van der Waals surface area (Å²) in [5.41, 5.74) is 4.59. The van der Waals surface area contributed by atoms with Crippen LogP contribution in [0.4, 0.5) is 0 Å². The van der Waals surface area contributed by atoms with Gasteiger partial charge in [0.2, 0.25) is 5.82 Å². The minimum atomic E-state index is -4.15. The van der Waals surface area contributed by atoms with Gasteiger partial charge in [-0.05, 0) is 0 Å². The summed E-state index contributed by atoms with van der Waals surface area (Å²) in [5, 5.41) is 23.6. The maximum Gasteiger partial charge on any atom is 0.335 e. The maximum atomic E-state index is 10.9. The second-order valence-corrected chi connectivity index (χ2v) is 7.73. The highest BCUT2D eigenvalue weighted by molar-refractivity contribution is 8.04. The van der Waals surface area contributed by atoms with Crippen LogP contribution >= 0.6 is 19.4 Å². The van der Waals surface area contributed by atoms with Crippen molar-refractivity contribution >= 4 is 25.3 Å². The zero-order valence-corrected chi connectivity index (χ0v) is 12.8. The minimum Gasteiger partial charge on any atom is -0.387 e. The van der Waals surface area contributed by atoms with Crippen molar-refractivity contribution in [3.8, 4) is 0 Å². The second kappa shape index (κ2) is 6.62. The first-order valence-corrected chi connectivity index (χ1v) is 8.99. The summed E-state index contributed by atoms with van der Waals surface area (Å²) in [5.74, 6) is -1.04. The van der Waals surface area contributed by atoms with E-state index in [-0.39, 0.29) is 11.6 Å². The smallest absolute Gasteiger partial charge is 0.335 e. The number of carbonyl (C=O) groups excluding carboxylic acids is 1. The molecule has 0 saturated carbocycles. The number of hydrogen-bond donors (Lipinski definition) is 5. The first kappa shape index (κ1) is 17.3. The fraction of sp³-hybridized carbons (Fsp3) is 0.667. The lowest BCUT2D eigenvalue weighted by molar-refractivity contribution is -0.0389. The number of aromatic nitrogens is 3. The van der Waals surface area contributed by atoms with Crippen LogP contribution in [0.25, 0.3) is 0 Å². The molecule has 0 aromatic carbocycles. The third kappa shape index (κ3) is 4.04. The molecule has 1 amide bonds. The average molecular weight is 354 g/mol. The van der Waals surface area contributed by atoms with Crippen LogP contribution in [0.3, 0.4) is 0 Å². The summed E-state index contributed by atoms with van der Waals surface area (Å²) in [6, 6.07) is 0. The normalized spacial score (nSPS) is 28.9. The molecule has 13 heteroatoms. The van der Waals surface area contributed by atoms with E-state index in [0.717, 1.165) is 22.8 Å². The van der Waals surface area contributed by atoms with Gasteiger partial charge in [-0.25, -0.2) is 9.67 Å². The number of aliphatic hydroxyl groups is 2. The molecule has 124 valence electrons. The second-order valence-electron chi connectivity index (χ2n) is 4.62. The quantitative estimate of drug-likeness (QED) is 0.354. The molecule has 1 fully saturated rings. The van der Waals surface area contributed by atoms with Crippen LogP contribution in [-0.2, 0) is 9.30 Å². The largest absolute Gasteiger partial charge is 0.387 e. The van der Waals surface area contributed by atoms with Gasteiger partial charge in [0.15, 0.2) is 6.23 Å². The van der Waals surface area contributed by atoms with E-state index in [1.165, 1.54) is 0 Å². The number of nitrogens with zero attached hydrogens (tertiary/aromatic N) is 3. The van der Waals surface area contributed by atoms with Crippen LogP contribution in [0.15, 0.2) is 6.33 Å². The molecule has 0 spiro atoms. The number of ether oxygens (including phenoxy) is 1. The number of thioether (sulfide) groups is 1. The van der Waals surface area contributed by atoms with Gasteiger partial charge >= 0.3 is 7.60 Å². The highest BCUT2D eigenvalue weighted by atomic mass is 32.2. The molecular formula is C9H15N4O7PS. The number of aliphatic hydroxyl groups excluding tert-OH is 2. The van der Waals surface area contributed by atoms with E-state index in [9.17, 15) is 19.6 Å². The number of hydrogen-bond acceptors (Lipinski definition) is 8. The molecule has 6 N–H and O–H groups in total. The molecule has 1 aromatic heterocycles. The van der Waals surface area contributed by atoms with Crippen LogP contribution in [0.1, 0.15) is 16.8 Å². The number of nitrogens with two attached hydrogens (primary N) is 1. The predicted molar refractivity (Wildman–Crippen MR) is 73.8 cm³/mol. The van der Waals surface area contributed by atoms with Crippen LogP contribution in [0, 0.1) is 0 Å². The Bertz CT molecular complexity index is 592. The lowest BCUT2D eigenvalue weighted by Crippen LogP contribution is -2.32. The number of rotatable bonds is 6. The first-order chi connectivity index (χ1) is 10.2. The SMILES string of the molecule is NC(=O)c1ncn([C@@H]2O[C@H](CSCP(=O)(O)O)[C@H](O)C2O)n1. The number of carbonyl (C=O) groups is 1. The van der Waals surface area contributed by atoms with Crippen molar-refractivity contribution < 1.29 is 34.1 Å². The first-order valence-electron chi connectivity index (χ1n) is 6.04. The molecule has 22 heavy (non-hydrogen) atoms. The van der Waals surface area contributed by atoms with Gasteiger partial charge in [0.1, 0.15) is 18.5 Å². The van der Waals surface area contributed by atoms with Gasteiger partial charge in [-0.15, -0.1) is 16.9 Å². The van der Waals surface area contributed by atoms with Crippen LogP contribution in [-0.4, -0.2) is 70.2 Å². The zero-order valence-electron chi connectivity index (χ0n) is 11.1. The molecule has 0 radical (unpaired) electrons. The molecule has 11 nitrogen and oxygen atoms in total. The topological polar surface area (TPSA) is 181 Å². The van der Waals surface area contributed by atoms with Crippen molar-refractivity contribution in [2.75, 3.05) is 11.2 Å². The minimum absolute atomic E-state index is 0.0667. The number of amides is 1. The summed E-state index contributed by atoms with van der Waals surface area (Å²) >= 11 is 0.892. The van der Waals surface area contributed by atoms with Crippen molar-refractivity contribution in [2.45, 2.75) is 24.5 Å². The van der Waals surface area contributed by atoms with Gasteiger partial charge in [0.25, 0.3) is 5.91 Å². The van der Waals surface area contributed by atoms with Crippen molar-refractivity contribution in [3.05, 3.63) is 12.2 Å². The fourth-order valence-corrected chi connectivity index (χ4v) is 3.76. The van der Waals surface area contributed by atoms with Gasteiger partial charge in [-0.1, -0.05) is 0 Å². The monoisotopic (exact) mass is 354 g/mol. The molecule has 0 bridgehead atoms. The van der Waals surface area contributed by atoms with Crippen molar-refractivity contribution in [1.29, 1.82) is 0 Å². The van der Waals surface area contributed by atoms with Crippen molar-refractivity contribution in [2.24, 2.45) is 5.73 Å². The summed E-state index contributed by atoms with van der Waals surface area (Å²) in [7, 11) is -4.15. The van der Waals surface area contributed by atoms with E-state index < -0.39 is 43.5 Å². The number of primary amides is 1. The summed E-state index contributed by atoms with van der Waals surface area (Å²) < 4.78 is 17.2. The molecule has 1 saturated heterocycles. The molecule has 1 aromatic rings. The predicted octanol–water partition coefficient (Wildman–Crippen LogP) is -2.14. The van der Waals surface area contributed by atoms with Gasteiger partial charge < -0.3 is 30.5 Å². The Morgan fingerprint density at radius 1 is 1.45 bits per heavy atom. The Kier molecular flexibility index (Phi) is 5.22. The Labute approximate surface area is 128 Å². The standard InChI is InChI=1S/C9H15N4O7PS/c10-7(16)8-11-2-13(12-8)9-6(15)5(14)4(20-9)1-22-3-21(17,18)19/h2,4-6,9,14-15H,1,3H2,(H2,10,16)(H2,17,18,19)/t4-,5+,6?,9-/m1/s1. The van der Waals surface area contributed by atoms with E-state index in [2.05, 4.69) is 10.1 Å². The van der Waals surface area contributed by atoms with Crippen LogP contribution < -0.4 is 5.73 Å². The van der Waals surface area contributed by atoms with E-state index in [0.29, 0.717) is 0 Å². The molecule has 1 aliphatic rings. The average Bonchev–Trinajstić information content (AvgIpc) is 2.98. The lowest BCUT2D eigenvalue weighted by Gasteiger charge is -2.14. The highest BCUT2D eigenvalue weighted by Crippen LogP contribution is 2.40. The van der Waals surface area contributed by atoms with E-state index in [1.54, 1.807) is 0 Å². The Hall–Kier alpha value is -1.01. The van der Waals surface area contributed by atoms with E-state index in [4.69, 9.17) is 20.3 Å². The molecule has 1 unspecified atom stereocenters. The lowest BCUT2D eigenvalue weighted by atomic mass is 10.1. The Morgan fingerprint density at radius 2 is 2.14 bits per heavy atom. The van der Waals surface area contributed by atoms with Crippen molar-refractivity contribution in [1.82, 2.24) is 14.8 Å². The maximum absolute atomic E-state index is 10.9. The van der Waals surface area contributed by atoms with Gasteiger partial charge in [0, 0.05) is 5.75 Å². The summed E-state index contributed by atoms with van der Waals surface area (Å²) in [6.07, 6.45) is -3.39. The summed E-state index contributed by atoms with van der Waals surface area (Å²) in [6.45, 7) is 0. The molecule has 2 heterocycles. The van der Waals surface area contributed by atoms with Gasteiger partial charge in [0.05, 0.1) is 11.6 Å². The van der Waals surface area contributed by atoms with Crippen molar-refractivity contribution in [3.63, 3.8) is 0 Å². The third-order valence-electron chi connectivity index (χ3n) is 2.87. The van der Waals surface area contributed by atoms with Crippen LogP contribution in [0.2, 0.25) is 0 Å². The summed E-state index contributed by atoms with van der Waals surface area (Å²) in [4.78, 5) is 32.1. The molecule has 0 aliphatic carbocycles. The van der Waals surface area contributed by atoms with E-state index >= 15 is 0 Å². The van der Waals surface area contributed by atoms with E-state index in [1.807, 2.05) is 0 Å². The Balaban J connectivity index is 2.00. The molecular weight excluding hydrogens is 339 g/mol. The molecule has 1 aliphatic heterocycles. The third-order valence-corrected chi connectivity index (χ3v) is 5.51. The highest BCUT2D eigenvalue weighted by Gasteiger charge is 2.44. The van der Waals surface area contributed by atoms with Gasteiger partial charge in [-0.3, -0.25) is 9.36 Å². The van der Waals surface area contributed by atoms with Crippen LogP contribution in [0.5, 0.6) is 0 Å². The zero-order chi connectivity index (χ0) is 16.5.